The van der Waals surface area contributed by atoms with E-state index in [1.54, 1.807) is 0 Å². The average Bonchev–Trinajstić information content (AvgIpc) is 2.47. The van der Waals surface area contributed by atoms with Gasteiger partial charge in [0, 0.05) is 38.3 Å². The van der Waals surface area contributed by atoms with Gasteiger partial charge in [0.25, 0.3) is 5.91 Å². The van der Waals surface area contributed by atoms with Gasteiger partial charge in [-0.2, -0.15) is 0 Å². The predicted octanol–water partition coefficient (Wildman–Crippen LogP) is 0.378. The van der Waals surface area contributed by atoms with Gasteiger partial charge in [-0.05, 0) is 30.2 Å². The molecule has 0 atom stereocenters. The van der Waals surface area contributed by atoms with Crippen molar-refractivity contribution < 1.29 is 4.79 Å². The van der Waals surface area contributed by atoms with Gasteiger partial charge in [-0.25, -0.2) is 0 Å². The summed E-state index contributed by atoms with van der Waals surface area (Å²) in [5.41, 5.74) is 3.44. The minimum atomic E-state index is 0.204. The number of nitrogens with zero attached hydrogens (tertiary/aromatic N) is 1. The molecule has 0 bridgehead atoms. The monoisotopic (exact) mass is 245 g/mol. The van der Waals surface area contributed by atoms with E-state index in [1.807, 2.05) is 17.0 Å². The highest BCUT2D eigenvalue weighted by Gasteiger charge is 2.22. The largest absolute Gasteiger partial charge is 0.336 e. The molecule has 1 aromatic rings. The number of carbonyl (C=O) groups is 1. The average molecular weight is 245 g/mol. The predicted molar refractivity (Wildman–Crippen MR) is 70.6 cm³/mol. The molecule has 2 N–H and O–H groups in total. The normalized spacial score (nSPS) is 19.4. The number of nitrogens with one attached hydrogen (secondary N) is 2. The number of hydrogen-bond donors (Lipinski definition) is 2. The molecule has 2 aliphatic heterocycles. The van der Waals surface area contributed by atoms with Crippen molar-refractivity contribution in [1.29, 1.82) is 0 Å². The summed E-state index contributed by atoms with van der Waals surface area (Å²) in [4.78, 5) is 14.5. The van der Waals surface area contributed by atoms with Gasteiger partial charge >= 0.3 is 0 Å². The summed E-state index contributed by atoms with van der Waals surface area (Å²) in [6, 6.07) is 6.10. The lowest BCUT2D eigenvalue weighted by molar-refractivity contribution is 0.0734. The highest BCUT2D eigenvalue weighted by atomic mass is 16.2. The lowest BCUT2D eigenvalue weighted by atomic mass is 9.94. The highest BCUT2D eigenvalue weighted by Crippen LogP contribution is 2.20. The molecular formula is C14H19N3O. The molecule has 0 spiro atoms. The number of rotatable bonds is 1. The molecule has 0 unspecified atom stereocenters. The van der Waals surface area contributed by atoms with Crippen LogP contribution in [0, 0.1) is 0 Å². The Morgan fingerprint density at radius 3 is 2.78 bits per heavy atom. The third kappa shape index (κ3) is 2.13. The van der Waals surface area contributed by atoms with Crippen molar-refractivity contribution >= 4 is 5.91 Å². The minimum Gasteiger partial charge on any atom is -0.336 e. The van der Waals surface area contributed by atoms with Crippen LogP contribution < -0.4 is 10.6 Å². The lowest BCUT2D eigenvalue weighted by Gasteiger charge is -2.29. The van der Waals surface area contributed by atoms with Crippen LogP contribution in [0.25, 0.3) is 0 Å². The van der Waals surface area contributed by atoms with Gasteiger partial charge in [-0.3, -0.25) is 4.79 Å². The second-order valence-electron chi connectivity index (χ2n) is 4.91. The van der Waals surface area contributed by atoms with Crippen LogP contribution in [-0.4, -0.2) is 43.5 Å². The van der Waals surface area contributed by atoms with Gasteiger partial charge < -0.3 is 15.5 Å². The van der Waals surface area contributed by atoms with E-state index in [0.717, 1.165) is 51.3 Å². The van der Waals surface area contributed by atoms with Gasteiger partial charge in [-0.1, -0.05) is 12.1 Å². The van der Waals surface area contributed by atoms with Gasteiger partial charge in [0.15, 0.2) is 0 Å². The third-order valence-corrected chi connectivity index (χ3v) is 3.77. The Hall–Kier alpha value is -1.39. The van der Waals surface area contributed by atoms with Crippen LogP contribution in [0.2, 0.25) is 0 Å². The highest BCUT2D eigenvalue weighted by molar-refractivity contribution is 5.96. The third-order valence-electron chi connectivity index (χ3n) is 3.77. The zero-order valence-electron chi connectivity index (χ0n) is 10.5. The molecule has 0 aromatic heterocycles. The van der Waals surface area contributed by atoms with Crippen LogP contribution in [0.15, 0.2) is 18.2 Å². The summed E-state index contributed by atoms with van der Waals surface area (Å²) in [7, 11) is 0. The molecule has 2 aliphatic rings. The van der Waals surface area contributed by atoms with Crippen LogP contribution in [0.3, 0.4) is 0 Å². The molecule has 4 heteroatoms. The molecule has 1 saturated heterocycles. The second kappa shape index (κ2) is 5.08. The molecule has 1 aromatic carbocycles. The Balaban J connectivity index is 1.89. The first-order valence-electron chi connectivity index (χ1n) is 6.68. The van der Waals surface area contributed by atoms with E-state index in [4.69, 9.17) is 0 Å². The van der Waals surface area contributed by atoms with Gasteiger partial charge in [0.2, 0.25) is 0 Å². The fourth-order valence-electron chi connectivity index (χ4n) is 2.77. The maximum atomic E-state index is 12.5. The topological polar surface area (TPSA) is 44.4 Å². The Morgan fingerprint density at radius 1 is 1.11 bits per heavy atom. The minimum absolute atomic E-state index is 0.204. The van der Waals surface area contributed by atoms with Crippen molar-refractivity contribution in [2.45, 2.75) is 13.0 Å². The number of hydrogen-bond acceptors (Lipinski definition) is 3. The molecule has 2 heterocycles. The molecule has 1 amide bonds. The van der Waals surface area contributed by atoms with Crippen LogP contribution in [0.5, 0.6) is 0 Å². The standard InChI is InChI=1S/C14H19N3O/c18-14(17-8-6-15-7-9-17)13-3-1-2-11-10-16-5-4-12(11)13/h1-3,15-16H,4-10H2. The molecule has 0 saturated carbocycles. The first-order chi connectivity index (χ1) is 8.86. The van der Waals surface area contributed by atoms with Gasteiger partial charge in [0.1, 0.15) is 0 Å². The van der Waals surface area contributed by atoms with E-state index in [2.05, 4.69) is 16.7 Å². The lowest BCUT2D eigenvalue weighted by Crippen LogP contribution is -2.46. The van der Waals surface area contributed by atoms with Crippen molar-refractivity contribution in [2.75, 3.05) is 32.7 Å². The summed E-state index contributed by atoms with van der Waals surface area (Å²) in [6.45, 7) is 5.31. The zero-order chi connectivity index (χ0) is 12.4. The van der Waals surface area contributed by atoms with Crippen molar-refractivity contribution in [3.8, 4) is 0 Å². The first-order valence-corrected chi connectivity index (χ1v) is 6.68. The number of piperazine rings is 1. The van der Waals surface area contributed by atoms with Gasteiger partial charge in [0.05, 0.1) is 0 Å². The number of benzene rings is 1. The van der Waals surface area contributed by atoms with E-state index in [0.29, 0.717) is 0 Å². The Morgan fingerprint density at radius 2 is 1.94 bits per heavy atom. The quantitative estimate of drug-likeness (QED) is 0.752. The molecule has 3 rings (SSSR count). The number of amides is 1. The van der Waals surface area contributed by atoms with Crippen molar-refractivity contribution in [3.63, 3.8) is 0 Å². The van der Waals surface area contributed by atoms with E-state index < -0.39 is 0 Å². The molecule has 0 radical (unpaired) electrons. The molecule has 18 heavy (non-hydrogen) atoms. The van der Waals surface area contributed by atoms with Crippen LogP contribution in [0.4, 0.5) is 0 Å². The van der Waals surface area contributed by atoms with Crippen molar-refractivity contribution in [2.24, 2.45) is 0 Å². The smallest absolute Gasteiger partial charge is 0.254 e. The van der Waals surface area contributed by atoms with Crippen LogP contribution in [-0.2, 0) is 13.0 Å². The summed E-state index contributed by atoms with van der Waals surface area (Å²) < 4.78 is 0. The number of carbonyl (C=O) groups excluding carboxylic acids is 1. The zero-order valence-corrected chi connectivity index (χ0v) is 10.5. The maximum absolute atomic E-state index is 12.5. The van der Waals surface area contributed by atoms with Crippen molar-refractivity contribution in [3.05, 3.63) is 34.9 Å². The molecule has 1 fully saturated rings. The molecule has 4 nitrogen and oxygen atoms in total. The first kappa shape index (κ1) is 11.7. The Labute approximate surface area is 107 Å². The summed E-state index contributed by atoms with van der Waals surface area (Å²) in [6.07, 6.45) is 0.962. The van der Waals surface area contributed by atoms with E-state index in [1.165, 1.54) is 11.1 Å². The molecule has 96 valence electrons. The molecular weight excluding hydrogens is 226 g/mol. The Bertz CT molecular complexity index is 452. The summed E-state index contributed by atoms with van der Waals surface area (Å²) in [5.74, 6) is 0.204. The SMILES string of the molecule is O=C(c1cccc2c1CCNC2)N1CCNCC1. The second-order valence-corrected chi connectivity index (χ2v) is 4.91. The maximum Gasteiger partial charge on any atom is 0.254 e. The van der Waals surface area contributed by atoms with E-state index in [-0.39, 0.29) is 5.91 Å². The summed E-state index contributed by atoms with van der Waals surface area (Å²) >= 11 is 0. The van der Waals surface area contributed by atoms with Crippen molar-refractivity contribution in [1.82, 2.24) is 15.5 Å². The van der Waals surface area contributed by atoms with Crippen LogP contribution >= 0.6 is 0 Å². The van der Waals surface area contributed by atoms with E-state index in [9.17, 15) is 4.79 Å². The number of fused-ring (bicyclic) bond motifs is 1. The molecule has 0 aliphatic carbocycles. The van der Waals surface area contributed by atoms with E-state index >= 15 is 0 Å². The fraction of sp³-hybridized carbons (Fsp3) is 0.500. The van der Waals surface area contributed by atoms with Crippen LogP contribution in [0.1, 0.15) is 21.5 Å². The Kier molecular flexibility index (Phi) is 3.30. The fourth-order valence-corrected chi connectivity index (χ4v) is 2.77. The summed E-state index contributed by atoms with van der Waals surface area (Å²) in [5, 5.41) is 6.63. The van der Waals surface area contributed by atoms with Gasteiger partial charge in [-0.15, -0.1) is 0 Å².